The second-order valence-electron chi connectivity index (χ2n) is 1.93. The number of hydrogen-bond donors (Lipinski definition) is 2. The molecule has 0 bridgehead atoms. The van der Waals surface area contributed by atoms with Gasteiger partial charge in [0.05, 0.1) is 7.11 Å². The largest absolute Gasteiger partial charge is 0.522 e. The molecule has 13 heavy (non-hydrogen) atoms. The Labute approximate surface area is 82.0 Å². The lowest BCUT2D eigenvalue weighted by molar-refractivity contribution is 0.240. The molecule has 0 radical (unpaired) electrons. The predicted molar refractivity (Wildman–Crippen MR) is 52.2 cm³/mol. The molecule has 9 heteroatoms. The lowest BCUT2D eigenvalue weighted by atomic mass is 11.0. The van der Waals surface area contributed by atoms with Crippen LogP contribution in [0, 0.1) is 0 Å². The molecular formula is C4H13O6P2S+. The van der Waals surface area contributed by atoms with Crippen LogP contribution in [0.5, 0.6) is 0 Å². The van der Waals surface area contributed by atoms with Gasteiger partial charge in [-0.3, -0.25) is 4.89 Å². The van der Waals surface area contributed by atoms with Crippen molar-refractivity contribution >= 4 is 27.8 Å². The van der Waals surface area contributed by atoms with Crippen molar-refractivity contribution in [2.45, 2.75) is 6.92 Å². The Hall–Kier alpha value is 0.810. The van der Waals surface area contributed by atoms with E-state index in [1.807, 2.05) is 0 Å². The van der Waals surface area contributed by atoms with Gasteiger partial charge in [-0.2, -0.15) is 9.42 Å². The van der Waals surface area contributed by atoms with Crippen LogP contribution in [0.4, 0.5) is 0 Å². The highest BCUT2D eigenvalue weighted by Crippen LogP contribution is 2.68. The van der Waals surface area contributed by atoms with E-state index in [1.54, 1.807) is 6.92 Å². The topological polar surface area (TPSA) is 85.2 Å². The van der Waals surface area contributed by atoms with Crippen LogP contribution in [-0.4, -0.2) is 29.3 Å². The van der Waals surface area contributed by atoms with E-state index in [0.717, 1.165) is 0 Å². The molecule has 6 nitrogen and oxygen atoms in total. The Morgan fingerprint density at radius 3 is 2.46 bits per heavy atom. The average molecular weight is 251 g/mol. The smallest absolute Gasteiger partial charge is 0.300 e. The van der Waals surface area contributed by atoms with Gasteiger partial charge in [0, 0.05) is 18.3 Å². The molecule has 0 aromatic carbocycles. The minimum absolute atomic E-state index is 0.117. The summed E-state index contributed by atoms with van der Waals surface area (Å²) in [4.78, 5) is 18.4. The van der Waals surface area contributed by atoms with Crippen LogP contribution < -0.4 is 0 Å². The van der Waals surface area contributed by atoms with Crippen LogP contribution >= 0.6 is 27.8 Å². The molecule has 0 amide bonds. The van der Waals surface area contributed by atoms with Crippen molar-refractivity contribution in [3.63, 3.8) is 0 Å². The summed E-state index contributed by atoms with van der Waals surface area (Å²) in [6.45, 7) is 1.58. The van der Waals surface area contributed by atoms with Crippen LogP contribution in [-0.2, 0) is 17.4 Å². The van der Waals surface area contributed by atoms with Gasteiger partial charge >= 0.3 is 15.8 Å². The summed E-state index contributed by atoms with van der Waals surface area (Å²) in [5, 5.41) is 0. The Morgan fingerprint density at radius 1 is 1.62 bits per heavy atom. The first-order chi connectivity index (χ1) is 5.89. The minimum Gasteiger partial charge on any atom is -0.300 e. The fourth-order valence-electron chi connectivity index (χ4n) is 0.489. The monoisotopic (exact) mass is 251 g/mol. The van der Waals surface area contributed by atoms with Crippen LogP contribution in [0.25, 0.3) is 0 Å². The molecule has 0 rings (SSSR count). The fourth-order valence-corrected chi connectivity index (χ4v) is 3.87. The van der Waals surface area contributed by atoms with Crippen molar-refractivity contribution < 1.29 is 27.2 Å². The van der Waals surface area contributed by atoms with Crippen LogP contribution in [0.1, 0.15) is 6.92 Å². The highest BCUT2D eigenvalue weighted by atomic mass is 32.2. The molecule has 0 aromatic rings. The summed E-state index contributed by atoms with van der Waals surface area (Å²) >= 11 is 0.683. The Balaban J connectivity index is 4.30. The SMILES string of the molecule is CC[P+](O)(OC)OP(=O)(O)OSC. The van der Waals surface area contributed by atoms with Gasteiger partial charge in [0.25, 0.3) is 0 Å². The van der Waals surface area contributed by atoms with Crippen molar-refractivity contribution in [1.82, 2.24) is 0 Å². The standard InChI is InChI=1S/C4H12O6P2S/c1-4-11(5,8-2)9-12(6,7)10-13-3/h5H,4H2,1-3H3/p+1. The lowest BCUT2D eigenvalue weighted by Crippen LogP contribution is -2.01. The van der Waals surface area contributed by atoms with Crippen LogP contribution in [0.2, 0.25) is 0 Å². The van der Waals surface area contributed by atoms with E-state index in [1.165, 1.54) is 13.4 Å². The summed E-state index contributed by atoms with van der Waals surface area (Å²) in [5.74, 6) is 0. The van der Waals surface area contributed by atoms with E-state index >= 15 is 0 Å². The van der Waals surface area contributed by atoms with Crippen molar-refractivity contribution in [3.05, 3.63) is 0 Å². The van der Waals surface area contributed by atoms with Crippen LogP contribution in [0.3, 0.4) is 0 Å². The maximum absolute atomic E-state index is 11.0. The zero-order valence-corrected chi connectivity index (χ0v) is 10.1. The molecule has 0 aliphatic heterocycles. The molecule has 0 aromatic heterocycles. The Kier molecular flexibility index (Phi) is 5.98. The normalized spacial score (nSPS) is 20.7. The van der Waals surface area contributed by atoms with Crippen molar-refractivity contribution in [2.24, 2.45) is 0 Å². The van der Waals surface area contributed by atoms with E-state index in [4.69, 9.17) is 4.89 Å². The third-order valence-corrected chi connectivity index (χ3v) is 5.65. The lowest BCUT2D eigenvalue weighted by Gasteiger charge is -2.14. The maximum Gasteiger partial charge on any atom is 0.522 e. The van der Waals surface area contributed by atoms with Gasteiger partial charge in [0.1, 0.15) is 6.16 Å². The molecule has 0 saturated carbocycles. The summed E-state index contributed by atoms with van der Waals surface area (Å²) < 4.78 is 24.4. The zero-order chi connectivity index (χ0) is 10.5. The third kappa shape index (κ3) is 5.30. The van der Waals surface area contributed by atoms with Gasteiger partial charge < -0.3 is 0 Å². The molecule has 80 valence electrons. The van der Waals surface area contributed by atoms with Crippen LogP contribution in [0.15, 0.2) is 0 Å². The first-order valence-electron chi connectivity index (χ1n) is 3.32. The molecule has 0 aliphatic carbocycles. The Bertz CT molecular complexity index is 195. The average Bonchev–Trinajstić information content (AvgIpc) is 2.03. The third-order valence-electron chi connectivity index (χ3n) is 1.08. The van der Waals surface area contributed by atoms with E-state index in [0.29, 0.717) is 12.0 Å². The molecule has 2 N–H and O–H groups in total. The first kappa shape index (κ1) is 13.8. The summed E-state index contributed by atoms with van der Waals surface area (Å²) in [5.41, 5.74) is 0. The zero-order valence-electron chi connectivity index (χ0n) is 7.54. The van der Waals surface area contributed by atoms with E-state index < -0.39 is 15.8 Å². The molecule has 0 fully saturated rings. The van der Waals surface area contributed by atoms with Crippen molar-refractivity contribution in [3.8, 4) is 0 Å². The predicted octanol–water partition coefficient (Wildman–Crippen LogP) is 1.82. The summed E-state index contributed by atoms with van der Waals surface area (Å²) in [6.07, 6.45) is 1.58. The van der Waals surface area contributed by atoms with Gasteiger partial charge in [0.15, 0.2) is 0 Å². The molecule has 2 unspecified atom stereocenters. The van der Waals surface area contributed by atoms with E-state index in [2.05, 4.69) is 12.8 Å². The summed E-state index contributed by atoms with van der Waals surface area (Å²) in [7, 11) is -6.24. The number of rotatable bonds is 6. The Morgan fingerprint density at radius 2 is 2.15 bits per heavy atom. The van der Waals surface area contributed by atoms with Gasteiger partial charge in [-0.15, -0.1) is 0 Å². The highest BCUT2D eigenvalue weighted by Gasteiger charge is 2.47. The molecular weight excluding hydrogens is 238 g/mol. The maximum atomic E-state index is 11.0. The number of phosphoric acid groups is 1. The van der Waals surface area contributed by atoms with Gasteiger partial charge in [-0.05, 0) is 6.92 Å². The minimum atomic E-state index is -4.21. The summed E-state index contributed by atoms with van der Waals surface area (Å²) in [6, 6.07) is 0. The molecule has 0 saturated heterocycles. The van der Waals surface area contributed by atoms with Gasteiger partial charge in [-0.25, -0.2) is 8.54 Å². The molecule has 0 heterocycles. The van der Waals surface area contributed by atoms with Gasteiger partial charge in [-0.1, -0.05) is 4.31 Å². The first-order valence-corrected chi connectivity index (χ1v) is 7.73. The number of hydrogen-bond acceptors (Lipinski definition) is 6. The highest BCUT2D eigenvalue weighted by molar-refractivity contribution is 7.97. The quantitative estimate of drug-likeness (QED) is 0.550. The van der Waals surface area contributed by atoms with Crippen molar-refractivity contribution in [2.75, 3.05) is 19.5 Å². The fraction of sp³-hybridized carbons (Fsp3) is 1.00. The van der Waals surface area contributed by atoms with E-state index in [-0.39, 0.29) is 6.16 Å². The molecule has 0 aliphatic rings. The van der Waals surface area contributed by atoms with Gasteiger partial charge in [0.2, 0.25) is 0 Å². The van der Waals surface area contributed by atoms with Crippen molar-refractivity contribution in [1.29, 1.82) is 0 Å². The van der Waals surface area contributed by atoms with E-state index in [9.17, 15) is 9.46 Å². The molecule has 0 spiro atoms. The molecule has 2 atom stereocenters. The second-order valence-corrected chi connectivity index (χ2v) is 6.72. The second kappa shape index (κ2) is 5.63.